The second-order valence-electron chi connectivity index (χ2n) is 6.10. The fourth-order valence-electron chi connectivity index (χ4n) is 1.88. The molecule has 2 aromatic heterocycles. The quantitative estimate of drug-likeness (QED) is 0.791. The molecule has 0 bridgehead atoms. The number of aromatic nitrogens is 4. The number of carbonyl (C=O) groups excluding carboxylic acids is 2. The van der Waals surface area contributed by atoms with Crippen LogP contribution in [-0.4, -0.2) is 44.1 Å². The zero-order valence-corrected chi connectivity index (χ0v) is 14.4. The Balaban J connectivity index is 2.31. The number of rotatable bonds is 4. The molecule has 2 heterocycles. The Morgan fingerprint density at radius 3 is 2.58 bits per heavy atom. The highest BCUT2D eigenvalue weighted by atomic mass is 16.6. The maximum absolute atomic E-state index is 12.0. The third-order valence-electron chi connectivity index (χ3n) is 2.92. The number of carbonyl (C=O) groups is 2. The number of esters is 2. The molecule has 0 aliphatic carbocycles. The molecule has 0 saturated carbocycles. The summed E-state index contributed by atoms with van der Waals surface area (Å²) >= 11 is 0. The van der Waals surface area contributed by atoms with Gasteiger partial charge in [0, 0.05) is 6.20 Å². The van der Waals surface area contributed by atoms with E-state index in [4.69, 9.17) is 9.47 Å². The lowest BCUT2D eigenvalue weighted by Gasteiger charge is -2.18. The largest absolute Gasteiger partial charge is 0.462 e. The Kier molecular flexibility index (Phi) is 4.96. The van der Waals surface area contributed by atoms with Crippen LogP contribution in [-0.2, 0) is 9.47 Å². The first-order valence-electron chi connectivity index (χ1n) is 7.51. The normalized spacial score (nSPS) is 11.2. The highest BCUT2D eigenvalue weighted by Gasteiger charge is 2.21. The van der Waals surface area contributed by atoms with Crippen molar-refractivity contribution in [2.24, 2.45) is 0 Å². The van der Waals surface area contributed by atoms with Gasteiger partial charge in [-0.3, -0.25) is 4.98 Å². The van der Waals surface area contributed by atoms with E-state index in [1.807, 2.05) is 0 Å². The molecule has 0 aliphatic rings. The van der Waals surface area contributed by atoms with Gasteiger partial charge in [-0.25, -0.2) is 14.3 Å². The van der Waals surface area contributed by atoms with E-state index < -0.39 is 17.5 Å². The number of aryl methyl sites for hydroxylation is 1. The summed E-state index contributed by atoms with van der Waals surface area (Å²) in [4.78, 5) is 28.0. The third kappa shape index (κ3) is 4.15. The van der Waals surface area contributed by atoms with Gasteiger partial charge in [0.05, 0.1) is 29.7 Å². The van der Waals surface area contributed by atoms with E-state index in [-0.39, 0.29) is 12.3 Å². The van der Waals surface area contributed by atoms with Crippen LogP contribution in [0.4, 0.5) is 0 Å². The van der Waals surface area contributed by atoms with E-state index in [0.29, 0.717) is 16.9 Å². The average Bonchev–Trinajstić information content (AvgIpc) is 2.96. The molecule has 2 aromatic rings. The van der Waals surface area contributed by atoms with E-state index in [1.165, 1.54) is 17.1 Å². The lowest BCUT2D eigenvalue weighted by molar-refractivity contribution is 0.00625. The summed E-state index contributed by atoms with van der Waals surface area (Å²) in [6.07, 6.45) is 2.87. The molecule has 0 amide bonds. The summed E-state index contributed by atoms with van der Waals surface area (Å²) in [5, 5.41) is 7.74. The molecule has 0 saturated heterocycles. The molecule has 0 radical (unpaired) electrons. The van der Waals surface area contributed by atoms with Gasteiger partial charge in [0.2, 0.25) is 0 Å². The number of hydrogen-bond acceptors (Lipinski definition) is 7. The van der Waals surface area contributed by atoms with E-state index in [2.05, 4.69) is 15.3 Å². The van der Waals surface area contributed by atoms with Crippen LogP contribution in [0.3, 0.4) is 0 Å². The Hall–Kier alpha value is -2.77. The van der Waals surface area contributed by atoms with Gasteiger partial charge in [0.15, 0.2) is 5.69 Å². The fourth-order valence-corrected chi connectivity index (χ4v) is 1.88. The van der Waals surface area contributed by atoms with Crippen LogP contribution in [0.15, 0.2) is 18.5 Å². The van der Waals surface area contributed by atoms with Crippen LogP contribution in [0.2, 0.25) is 0 Å². The first-order chi connectivity index (χ1) is 11.2. The summed E-state index contributed by atoms with van der Waals surface area (Å²) in [6, 6.07) is 1.59. The predicted octanol–water partition coefficient (Wildman–Crippen LogP) is 2.10. The van der Waals surface area contributed by atoms with Crippen LogP contribution >= 0.6 is 0 Å². The molecular formula is C16H20N4O4. The smallest absolute Gasteiger partial charge is 0.361 e. The van der Waals surface area contributed by atoms with Gasteiger partial charge in [0.25, 0.3) is 0 Å². The number of nitrogens with zero attached hydrogens (tertiary/aromatic N) is 4. The molecule has 0 aliphatic heterocycles. The maximum Gasteiger partial charge on any atom is 0.361 e. The Bertz CT molecular complexity index is 762. The van der Waals surface area contributed by atoms with Crippen molar-refractivity contribution in [2.75, 3.05) is 6.61 Å². The molecule has 128 valence electrons. The van der Waals surface area contributed by atoms with Crippen LogP contribution in [0.25, 0.3) is 5.69 Å². The minimum Gasteiger partial charge on any atom is -0.462 e. The highest BCUT2D eigenvalue weighted by molar-refractivity contribution is 5.90. The Morgan fingerprint density at radius 2 is 1.96 bits per heavy atom. The van der Waals surface area contributed by atoms with Crippen molar-refractivity contribution >= 4 is 11.9 Å². The SMILES string of the molecule is CCOC(=O)c1cnc(C)c(-n2cc(C(=O)OC(C)(C)C)nn2)c1. The summed E-state index contributed by atoms with van der Waals surface area (Å²) in [5.74, 6) is -1.04. The van der Waals surface area contributed by atoms with Gasteiger partial charge >= 0.3 is 11.9 Å². The fraction of sp³-hybridized carbons (Fsp3) is 0.438. The topological polar surface area (TPSA) is 96.2 Å². The van der Waals surface area contributed by atoms with Gasteiger partial charge in [-0.1, -0.05) is 5.21 Å². The van der Waals surface area contributed by atoms with Crippen LogP contribution in [0.5, 0.6) is 0 Å². The minimum atomic E-state index is -0.623. The number of pyridine rings is 1. The number of ether oxygens (including phenoxy) is 2. The lowest BCUT2D eigenvalue weighted by Crippen LogP contribution is -2.24. The summed E-state index contributed by atoms with van der Waals surface area (Å²) < 4.78 is 11.6. The van der Waals surface area contributed by atoms with Crippen molar-refractivity contribution in [1.82, 2.24) is 20.0 Å². The Labute approximate surface area is 139 Å². The number of hydrogen-bond donors (Lipinski definition) is 0. The highest BCUT2D eigenvalue weighted by Crippen LogP contribution is 2.15. The monoisotopic (exact) mass is 332 g/mol. The van der Waals surface area contributed by atoms with Gasteiger partial charge < -0.3 is 9.47 Å². The Morgan fingerprint density at radius 1 is 1.25 bits per heavy atom. The molecular weight excluding hydrogens is 312 g/mol. The summed E-state index contributed by atoms with van der Waals surface area (Å²) in [7, 11) is 0. The second kappa shape index (κ2) is 6.77. The van der Waals surface area contributed by atoms with Crippen molar-refractivity contribution in [3.05, 3.63) is 35.4 Å². The zero-order chi connectivity index (χ0) is 17.9. The lowest BCUT2D eigenvalue weighted by atomic mass is 10.2. The van der Waals surface area contributed by atoms with Gasteiger partial charge in [-0.2, -0.15) is 0 Å². The first kappa shape index (κ1) is 17.6. The molecule has 0 spiro atoms. The van der Waals surface area contributed by atoms with E-state index in [1.54, 1.807) is 40.7 Å². The van der Waals surface area contributed by atoms with Crippen molar-refractivity contribution in [2.45, 2.75) is 40.2 Å². The van der Waals surface area contributed by atoms with Crippen molar-refractivity contribution < 1.29 is 19.1 Å². The molecule has 0 N–H and O–H groups in total. The van der Waals surface area contributed by atoms with E-state index in [9.17, 15) is 9.59 Å². The average molecular weight is 332 g/mol. The molecule has 0 fully saturated rings. The standard InChI is InChI=1S/C16H20N4O4/c1-6-23-14(21)11-7-13(10(2)17-8-11)20-9-12(18-19-20)15(22)24-16(3,4)5/h7-9H,6H2,1-5H3. The van der Waals surface area contributed by atoms with Crippen molar-refractivity contribution in [1.29, 1.82) is 0 Å². The van der Waals surface area contributed by atoms with Gasteiger partial charge in [0.1, 0.15) is 5.60 Å². The molecule has 2 rings (SSSR count). The molecule has 0 unspecified atom stereocenters. The van der Waals surface area contributed by atoms with Crippen molar-refractivity contribution in [3.63, 3.8) is 0 Å². The van der Waals surface area contributed by atoms with Gasteiger partial charge in [-0.15, -0.1) is 5.10 Å². The van der Waals surface area contributed by atoms with Gasteiger partial charge in [-0.05, 0) is 40.7 Å². The second-order valence-corrected chi connectivity index (χ2v) is 6.10. The summed E-state index contributed by atoms with van der Waals surface area (Å²) in [6.45, 7) is 9.07. The molecule has 8 heteroatoms. The predicted molar refractivity (Wildman–Crippen MR) is 85.0 cm³/mol. The zero-order valence-electron chi connectivity index (χ0n) is 14.4. The maximum atomic E-state index is 12.0. The van der Waals surface area contributed by atoms with Crippen LogP contribution in [0.1, 0.15) is 54.2 Å². The molecule has 24 heavy (non-hydrogen) atoms. The van der Waals surface area contributed by atoms with Crippen molar-refractivity contribution in [3.8, 4) is 5.69 Å². The van der Waals surface area contributed by atoms with Crippen LogP contribution < -0.4 is 0 Å². The van der Waals surface area contributed by atoms with Crippen LogP contribution in [0, 0.1) is 6.92 Å². The van der Waals surface area contributed by atoms with E-state index >= 15 is 0 Å². The summed E-state index contributed by atoms with van der Waals surface area (Å²) in [5.41, 5.74) is 0.909. The molecule has 8 nitrogen and oxygen atoms in total. The van der Waals surface area contributed by atoms with E-state index in [0.717, 1.165) is 0 Å². The first-order valence-corrected chi connectivity index (χ1v) is 7.51. The molecule has 0 aromatic carbocycles. The third-order valence-corrected chi connectivity index (χ3v) is 2.92. The minimum absolute atomic E-state index is 0.0749. The molecule has 0 atom stereocenters.